The van der Waals surface area contributed by atoms with E-state index in [2.05, 4.69) is 23.7 Å². The van der Waals surface area contributed by atoms with Crippen LogP contribution in [-0.4, -0.2) is 63.7 Å². The normalized spacial score (nSPS) is 14.7. The second-order valence-electron chi connectivity index (χ2n) is 7.55. The van der Waals surface area contributed by atoms with Gasteiger partial charge in [0, 0.05) is 45.7 Å². The molecule has 1 aromatic heterocycles. The third-order valence-corrected chi connectivity index (χ3v) is 5.15. The Morgan fingerprint density at radius 1 is 1.10 bits per heavy atom. The number of hydrogen-bond acceptors (Lipinski definition) is 5. The predicted molar refractivity (Wildman–Crippen MR) is 105 cm³/mol. The Kier molecular flexibility index (Phi) is 6.64. The Bertz CT molecular complexity index is 842. The van der Waals surface area contributed by atoms with E-state index >= 15 is 0 Å². The van der Waals surface area contributed by atoms with Crippen molar-refractivity contribution in [1.82, 2.24) is 19.7 Å². The van der Waals surface area contributed by atoms with Gasteiger partial charge in [0.1, 0.15) is 12.1 Å². The number of benzene rings is 1. The van der Waals surface area contributed by atoms with E-state index in [0.29, 0.717) is 45.2 Å². The Morgan fingerprint density at radius 2 is 1.72 bits per heavy atom. The topological polar surface area (TPSA) is 69.9 Å². The molecule has 0 radical (unpaired) electrons. The van der Waals surface area contributed by atoms with E-state index in [0.717, 1.165) is 5.56 Å². The molecule has 1 aromatic carbocycles. The smallest absolute Gasteiger partial charge is 0.275 e. The van der Waals surface area contributed by atoms with Gasteiger partial charge in [0.15, 0.2) is 5.69 Å². The van der Waals surface area contributed by atoms with E-state index < -0.39 is 0 Å². The molecule has 8 heteroatoms. The first-order valence-electron chi connectivity index (χ1n) is 9.81. The van der Waals surface area contributed by atoms with Crippen molar-refractivity contribution in [3.63, 3.8) is 0 Å². The van der Waals surface area contributed by atoms with Crippen LogP contribution in [0, 0.1) is 5.82 Å². The quantitative estimate of drug-likeness (QED) is 0.743. The van der Waals surface area contributed by atoms with Crippen LogP contribution in [-0.2, 0) is 17.9 Å². The summed E-state index contributed by atoms with van der Waals surface area (Å²) in [4.78, 5) is 34.0. The molecule has 7 nitrogen and oxygen atoms in total. The highest BCUT2D eigenvalue weighted by atomic mass is 19.1. The molecule has 0 spiro atoms. The van der Waals surface area contributed by atoms with Gasteiger partial charge in [0.25, 0.3) is 5.91 Å². The Balaban J connectivity index is 1.61. The largest absolute Gasteiger partial charge is 0.447 e. The SMILES string of the molecule is CC(=O)N1CCN(C(=O)c2coc(CN(Cc3ccc(F)cc3)C(C)C)n2)CC1. The summed E-state index contributed by atoms with van der Waals surface area (Å²) in [5.74, 6) is 0.0463. The highest BCUT2D eigenvalue weighted by Crippen LogP contribution is 2.15. The molecule has 29 heavy (non-hydrogen) atoms. The molecule has 0 saturated carbocycles. The van der Waals surface area contributed by atoms with Gasteiger partial charge in [-0.1, -0.05) is 12.1 Å². The lowest BCUT2D eigenvalue weighted by Gasteiger charge is -2.33. The molecule has 0 N–H and O–H groups in total. The number of halogens is 1. The van der Waals surface area contributed by atoms with Crippen LogP contribution in [0.1, 0.15) is 42.7 Å². The lowest BCUT2D eigenvalue weighted by molar-refractivity contribution is -0.130. The fourth-order valence-electron chi connectivity index (χ4n) is 3.29. The minimum absolute atomic E-state index is 0.0238. The van der Waals surface area contributed by atoms with Crippen LogP contribution in [0.3, 0.4) is 0 Å². The number of oxazole rings is 1. The van der Waals surface area contributed by atoms with Gasteiger partial charge in [-0.15, -0.1) is 0 Å². The predicted octanol–water partition coefficient (Wildman–Crippen LogP) is 2.53. The summed E-state index contributed by atoms with van der Waals surface area (Å²) >= 11 is 0. The van der Waals surface area contributed by atoms with Crippen molar-refractivity contribution in [3.8, 4) is 0 Å². The molecule has 1 aliphatic heterocycles. The van der Waals surface area contributed by atoms with Crippen molar-refractivity contribution >= 4 is 11.8 Å². The van der Waals surface area contributed by atoms with Gasteiger partial charge in [0.05, 0.1) is 6.54 Å². The third kappa shape index (κ3) is 5.41. The molecule has 0 aliphatic carbocycles. The number of aromatic nitrogens is 1. The van der Waals surface area contributed by atoms with E-state index in [9.17, 15) is 14.0 Å². The average Bonchev–Trinajstić information content (AvgIpc) is 3.17. The fourth-order valence-corrected chi connectivity index (χ4v) is 3.29. The van der Waals surface area contributed by atoms with Crippen LogP contribution in [0.25, 0.3) is 0 Å². The minimum Gasteiger partial charge on any atom is -0.447 e. The molecule has 2 heterocycles. The van der Waals surface area contributed by atoms with Crippen molar-refractivity contribution in [2.24, 2.45) is 0 Å². The molecule has 0 unspecified atom stereocenters. The van der Waals surface area contributed by atoms with Gasteiger partial charge < -0.3 is 14.2 Å². The Hall–Kier alpha value is -2.74. The summed E-state index contributed by atoms with van der Waals surface area (Å²) < 4.78 is 18.7. The van der Waals surface area contributed by atoms with E-state index in [1.807, 2.05) is 0 Å². The van der Waals surface area contributed by atoms with Gasteiger partial charge in [-0.2, -0.15) is 0 Å². The molecule has 0 atom stereocenters. The molecule has 156 valence electrons. The lowest BCUT2D eigenvalue weighted by atomic mass is 10.2. The first-order valence-corrected chi connectivity index (χ1v) is 9.81. The number of hydrogen-bond donors (Lipinski definition) is 0. The fraction of sp³-hybridized carbons (Fsp3) is 0.476. The maximum absolute atomic E-state index is 13.1. The van der Waals surface area contributed by atoms with Gasteiger partial charge in [-0.3, -0.25) is 14.5 Å². The highest BCUT2D eigenvalue weighted by molar-refractivity contribution is 5.92. The molecule has 0 bridgehead atoms. The van der Waals surface area contributed by atoms with Crippen molar-refractivity contribution in [3.05, 3.63) is 53.5 Å². The van der Waals surface area contributed by atoms with Crippen molar-refractivity contribution in [2.75, 3.05) is 26.2 Å². The third-order valence-electron chi connectivity index (χ3n) is 5.15. The van der Waals surface area contributed by atoms with E-state index in [1.165, 1.54) is 25.3 Å². The Labute approximate surface area is 170 Å². The average molecular weight is 402 g/mol. The lowest BCUT2D eigenvalue weighted by Crippen LogP contribution is -2.50. The van der Waals surface area contributed by atoms with E-state index in [1.54, 1.807) is 21.9 Å². The first kappa shape index (κ1) is 21.0. The second-order valence-corrected chi connectivity index (χ2v) is 7.55. The van der Waals surface area contributed by atoms with Crippen molar-refractivity contribution in [2.45, 2.75) is 39.9 Å². The molecule has 1 aliphatic rings. The number of piperazine rings is 1. The van der Waals surface area contributed by atoms with Crippen LogP contribution < -0.4 is 0 Å². The molecule has 1 fully saturated rings. The number of nitrogens with zero attached hydrogens (tertiary/aromatic N) is 4. The summed E-state index contributed by atoms with van der Waals surface area (Å²) in [7, 11) is 0. The molecular formula is C21H27FN4O3. The van der Waals surface area contributed by atoms with Crippen molar-refractivity contribution in [1.29, 1.82) is 0 Å². The zero-order valence-corrected chi connectivity index (χ0v) is 17.1. The van der Waals surface area contributed by atoms with Crippen LogP contribution in [0.2, 0.25) is 0 Å². The van der Waals surface area contributed by atoms with Gasteiger partial charge in [-0.25, -0.2) is 9.37 Å². The number of amides is 2. The standard InChI is InChI=1S/C21H27FN4O3/c1-15(2)26(12-17-4-6-18(22)7-5-17)13-20-23-19(14-29-20)21(28)25-10-8-24(9-11-25)16(3)27/h4-7,14-15H,8-13H2,1-3H3. The summed E-state index contributed by atoms with van der Waals surface area (Å²) in [5, 5.41) is 0. The maximum Gasteiger partial charge on any atom is 0.275 e. The maximum atomic E-state index is 13.1. The molecular weight excluding hydrogens is 375 g/mol. The first-order chi connectivity index (χ1) is 13.8. The zero-order valence-electron chi connectivity index (χ0n) is 17.1. The monoisotopic (exact) mass is 402 g/mol. The number of rotatable bonds is 6. The zero-order chi connectivity index (χ0) is 21.0. The van der Waals surface area contributed by atoms with Gasteiger partial charge >= 0.3 is 0 Å². The molecule has 1 saturated heterocycles. The number of carbonyl (C=O) groups excluding carboxylic acids is 2. The highest BCUT2D eigenvalue weighted by Gasteiger charge is 2.25. The van der Waals surface area contributed by atoms with Crippen LogP contribution in [0.5, 0.6) is 0 Å². The van der Waals surface area contributed by atoms with Crippen LogP contribution in [0.15, 0.2) is 34.9 Å². The van der Waals surface area contributed by atoms with Crippen LogP contribution >= 0.6 is 0 Å². The van der Waals surface area contributed by atoms with E-state index in [4.69, 9.17) is 4.42 Å². The summed E-state index contributed by atoms with van der Waals surface area (Å²) in [6, 6.07) is 6.63. The summed E-state index contributed by atoms with van der Waals surface area (Å²) in [6.45, 7) is 8.77. The van der Waals surface area contributed by atoms with E-state index in [-0.39, 0.29) is 29.4 Å². The number of carbonyl (C=O) groups is 2. The minimum atomic E-state index is -0.259. The molecule has 2 aromatic rings. The second kappa shape index (κ2) is 9.17. The Morgan fingerprint density at radius 3 is 2.31 bits per heavy atom. The van der Waals surface area contributed by atoms with Gasteiger partial charge in [-0.05, 0) is 31.5 Å². The van der Waals surface area contributed by atoms with Crippen molar-refractivity contribution < 1.29 is 18.4 Å². The molecule has 3 rings (SSSR count). The summed E-state index contributed by atoms with van der Waals surface area (Å²) in [5.41, 5.74) is 1.27. The van der Waals surface area contributed by atoms with Gasteiger partial charge in [0.2, 0.25) is 11.8 Å². The van der Waals surface area contributed by atoms with Crippen LogP contribution in [0.4, 0.5) is 4.39 Å². The summed E-state index contributed by atoms with van der Waals surface area (Å²) in [6.07, 6.45) is 1.39. The molecule has 2 amide bonds.